The van der Waals surface area contributed by atoms with Crippen LogP contribution >= 0.6 is 22.9 Å². The largest absolute Gasteiger partial charge is 0.503 e. The molecule has 0 aliphatic heterocycles. The minimum Gasteiger partial charge on any atom is -0.503 e. The number of methoxy groups -OCH3 is 3. The fraction of sp³-hybridized carbons (Fsp3) is 0.167. The van der Waals surface area contributed by atoms with Gasteiger partial charge >= 0.3 is 0 Å². The van der Waals surface area contributed by atoms with Crippen molar-refractivity contribution in [3.05, 3.63) is 39.9 Å². The molecule has 0 aliphatic rings. The second-order valence-electron chi connectivity index (χ2n) is 5.11. The summed E-state index contributed by atoms with van der Waals surface area (Å²) in [6.07, 6.45) is 3.74. The van der Waals surface area contributed by atoms with Crippen LogP contribution in [-0.4, -0.2) is 31.4 Å². The Bertz CT molecular complexity index is 911. The van der Waals surface area contributed by atoms with Gasteiger partial charge in [-0.25, -0.2) is 4.98 Å². The van der Waals surface area contributed by atoms with Crippen molar-refractivity contribution in [3.8, 4) is 23.0 Å². The maximum absolute atomic E-state index is 9.79. The van der Waals surface area contributed by atoms with Crippen LogP contribution in [0.2, 0.25) is 5.02 Å². The molecule has 1 N–H and O–H groups in total. The molecule has 0 fully saturated rings. The summed E-state index contributed by atoms with van der Waals surface area (Å²) in [5.41, 5.74) is 1.64. The molecule has 0 atom stereocenters. The van der Waals surface area contributed by atoms with Crippen molar-refractivity contribution in [2.45, 2.75) is 0 Å². The normalized spacial score (nSPS) is 11.2. The lowest BCUT2D eigenvalue weighted by Crippen LogP contribution is -1.89. The minimum atomic E-state index is -0.0690. The number of aromatic nitrogens is 1. The molecule has 1 aromatic heterocycles. The van der Waals surface area contributed by atoms with Gasteiger partial charge in [-0.2, -0.15) is 0 Å². The Morgan fingerprint density at radius 3 is 2.32 bits per heavy atom. The van der Waals surface area contributed by atoms with Crippen molar-refractivity contribution in [2.75, 3.05) is 21.3 Å². The highest BCUT2D eigenvalue weighted by atomic mass is 35.5. The summed E-state index contributed by atoms with van der Waals surface area (Å²) in [4.78, 5) is 4.58. The fourth-order valence-corrected chi connectivity index (χ4v) is 3.46. The van der Waals surface area contributed by atoms with E-state index in [9.17, 15) is 5.11 Å². The van der Waals surface area contributed by atoms with E-state index < -0.39 is 0 Å². The first-order chi connectivity index (χ1) is 12.0. The van der Waals surface area contributed by atoms with Crippen LogP contribution in [0.5, 0.6) is 23.0 Å². The Morgan fingerprint density at radius 1 is 0.960 bits per heavy atom. The van der Waals surface area contributed by atoms with Gasteiger partial charge in [-0.15, -0.1) is 11.3 Å². The molecule has 0 unspecified atom stereocenters. The van der Waals surface area contributed by atoms with Gasteiger partial charge in [-0.1, -0.05) is 17.7 Å². The summed E-state index contributed by atoms with van der Waals surface area (Å²) >= 11 is 7.54. The standard InChI is InChI=1S/C18H16ClNO4S/c1-22-13-8-12-16(9-14(13)23-2)25-17(20-12)5-4-10-6-11(19)18(21)15(7-10)24-3/h4-9,21H,1-3H3/b5-4+. The van der Waals surface area contributed by atoms with Crippen molar-refractivity contribution in [3.63, 3.8) is 0 Å². The molecule has 0 saturated carbocycles. The van der Waals surface area contributed by atoms with Crippen LogP contribution in [0.4, 0.5) is 0 Å². The summed E-state index contributed by atoms with van der Waals surface area (Å²) in [5.74, 6) is 1.57. The molecule has 0 aliphatic carbocycles. The lowest BCUT2D eigenvalue weighted by Gasteiger charge is -2.06. The fourth-order valence-electron chi connectivity index (χ4n) is 2.36. The lowest BCUT2D eigenvalue weighted by atomic mass is 10.2. The number of benzene rings is 2. The average Bonchev–Trinajstić information content (AvgIpc) is 3.02. The zero-order chi connectivity index (χ0) is 18.0. The molecule has 25 heavy (non-hydrogen) atoms. The molecule has 0 bridgehead atoms. The van der Waals surface area contributed by atoms with Crippen molar-refractivity contribution in [2.24, 2.45) is 0 Å². The molecule has 3 aromatic rings. The van der Waals surface area contributed by atoms with Crippen molar-refractivity contribution in [1.82, 2.24) is 4.98 Å². The van der Waals surface area contributed by atoms with E-state index in [0.29, 0.717) is 17.2 Å². The topological polar surface area (TPSA) is 60.8 Å². The number of aromatic hydroxyl groups is 1. The first kappa shape index (κ1) is 17.4. The number of nitrogens with zero attached hydrogens (tertiary/aromatic N) is 1. The van der Waals surface area contributed by atoms with E-state index in [1.807, 2.05) is 24.3 Å². The molecular weight excluding hydrogens is 362 g/mol. The second kappa shape index (κ2) is 7.21. The quantitative estimate of drug-likeness (QED) is 0.688. The van der Waals surface area contributed by atoms with E-state index >= 15 is 0 Å². The first-order valence-electron chi connectivity index (χ1n) is 7.33. The van der Waals surface area contributed by atoms with Gasteiger partial charge in [0.05, 0.1) is 36.6 Å². The van der Waals surface area contributed by atoms with Gasteiger partial charge in [0.25, 0.3) is 0 Å². The summed E-state index contributed by atoms with van der Waals surface area (Å²) in [7, 11) is 4.68. The summed E-state index contributed by atoms with van der Waals surface area (Å²) < 4.78 is 16.7. The number of rotatable bonds is 5. The maximum atomic E-state index is 9.79. The smallest absolute Gasteiger partial charge is 0.176 e. The lowest BCUT2D eigenvalue weighted by molar-refractivity contribution is 0.356. The average molecular weight is 378 g/mol. The predicted molar refractivity (Wildman–Crippen MR) is 101 cm³/mol. The third kappa shape index (κ3) is 3.50. The van der Waals surface area contributed by atoms with Crippen LogP contribution in [-0.2, 0) is 0 Å². The van der Waals surface area contributed by atoms with Crippen LogP contribution in [0.3, 0.4) is 0 Å². The molecule has 0 spiro atoms. The monoisotopic (exact) mass is 377 g/mol. The molecule has 3 rings (SSSR count). The molecule has 0 saturated heterocycles. The Labute approximate surface area is 154 Å². The van der Waals surface area contributed by atoms with Crippen LogP contribution in [0, 0.1) is 0 Å². The highest BCUT2D eigenvalue weighted by Crippen LogP contribution is 2.37. The summed E-state index contributed by atoms with van der Waals surface area (Å²) in [6.45, 7) is 0. The molecular formula is C18H16ClNO4S. The first-order valence-corrected chi connectivity index (χ1v) is 8.52. The van der Waals surface area contributed by atoms with Gasteiger partial charge in [0, 0.05) is 12.1 Å². The maximum Gasteiger partial charge on any atom is 0.176 e. The van der Waals surface area contributed by atoms with Gasteiger partial charge in [-0.3, -0.25) is 0 Å². The van der Waals surface area contributed by atoms with Crippen LogP contribution in [0.25, 0.3) is 22.4 Å². The highest BCUT2D eigenvalue weighted by molar-refractivity contribution is 7.19. The third-order valence-corrected chi connectivity index (χ3v) is 4.87. The van der Waals surface area contributed by atoms with Crippen LogP contribution in [0.15, 0.2) is 24.3 Å². The van der Waals surface area contributed by atoms with E-state index in [-0.39, 0.29) is 10.8 Å². The van der Waals surface area contributed by atoms with E-state index in [4.69, 9.17) is 25.8 Å². The third-order valence-electron chi connectivity index (χ3n) is 3.60. The van der Waals surface area contributed by atoms with Crippen molar-refractivity contribution in [1.29, 1.82) is 0 Å². The second-order valence-corrected chi connectivity index (χ2v) is 6.58. The Balaban J connectivity index is 1.95. The number of hydrogen-bond acceptors (Lipinski definition) is 6. The minimum absolute atomic E-state index is 0.0690. The Hall–Kier alpha value is -2.44. The van der Waals surface area contributed by atoms with Gasteiger partial charge in [0.2, 0.25) is 0 Å². The number of phenolic OH excluding ortho intramolecular Hbond substituents is 1. The number of ether oxygens (including phenoxy) is 3. The molecule has 1 heterocycles. The SMILES string of the molecule is COc1cc2nc(/C=C/c3cc(Cl)c(O)c(OC)c3)sc2cc1OC. The number of fused-ring (bicyclic) bond motifs is 1. The molecule has 0 radical (unpaired) electrons. The zero-order valence-electron chi connectivity index (χ0n) is 13.9. The van der Waals surface area contributed by atoms with Crippen LogP contribution < -0.4 is 14.2 Å². The predicted octanol–water partition coefficient (Wildman–Crippen LogP) is 4.85. The van der Waals surface area contributed by atoms with E-state index in [1.165, 1.54) is 18.4 Å². The van der Waals surface area contributed by atoms with Crippen molar-refractivity contribution >= 4 is 45.3 Å². The summed E-state index contributed by atoms with van der Waals surface area (Å²) in [5, 5.41) is 10.8. The van der Waals surface area contributed by atoms with Gasteiger partial charge in [0.15, 0.2) is 23.0 Å². The van der Waals surface area contributed by atoms with E-state index in [2.05, 4.69) is 4.98 Å². The van der Waals surface area contributed by atoms with E-state index in [1.54, 1.807) is 26.4 Å². The molecule has 130 valence electrons. The van der Waals surface area contributed by atoms with Crippen LogP contribution in [0.1, 0.15) is 10.6 Å². The Kier molecular flexibility index (Phi) is 5.01. The zero-order valence-corrected chi connectivity index (χ0v) is 15.4. The van der Waals surface area contributed by atoms with Gasteiger partial charge in [0.1, 0.15) is 5.01 Å². The number of hydrogen-bond donors (Lipinski definition) is 1. The molecule has 7 heteroatoms. The summed E-state index contributed by atoms with van der Waals surface area (Å²) in [6, 6.07) is 7.12. The number of thiazole rings is 1. The molecule has 5 nitrogen and oxygen atoms in total. The molecule has 0 amide bonds. The number of phenols is 1. The number of halogens is 1. The Morgan fingerprint density at radius 2 is 1.64 bits per heavy atom. The van der Waals surface area contributed by atoms with Crippen molar-refractivity contribution < 1.29 is 19.3 Å². The highest BCUT2D eigenvalue weighted by Gasteiger charge is 2.10. The van der Waals surface area contributed by atoms with E-state index in [0.717, 1.165) is 20.8 Å². The van der Waals surface area contributed by atoms with Gasteiger partial charge in [-0.05, 0) is 23.8 Å². The molecule has 2 aromatic carbocycles. The van der Waals surface area contributed by atoms with Gasteiger partial charge < -0.3 is 19.3 Å².